The third-order valence-corrected chi connectivity index (χ3v) is 5.00. The zero-order valence-electron chi connectivity index (χ0n) is 15.1. The fraction of sp³-hybridized carbons (Fsp3) is 0.316. The molecule has 140 valence electrons. The van der Waals surface area contributed by atoms with E-state index in [0.29, 0.717) is 24.7 Å². The van der Waals surface area contributed by atoms with Crippen LogP contribution in [0.1, 0.15) is 25.0 Å². The minimum Gasteiger partial charge on any atom is -0.494 e. The molecule has 0 radical (unpaired) electrons. The first-order valence-electron chi connectivity index (χ1n) is 8.36. The summed E-state index contributed by atoms with van der Waals surface area (Å²) < 4.78 is 37.9. The number of ether oxygens (including phenoxy) is 2. The molecule has 0 bridgehead atoms. The summed E-state index contributed by atoms with van der Waals surface area (Å²) in [5.41, 5.74) is 1.92. The van der Waals surface area contributed by atoms with Gasteiger partial charge in [0.1, 0.15) is 5.75 Å². The molecule has 0 saturated heterocycles. The number of hydrogen-bond donors (Lipinski definition) is 1. The van der Waals surface area contributed by atoms with Crippen molar-refractivity contribution < 1.29 is 22.7 Å². The standard InChI is InChI=1S/C19H23NO5S/c1-4-24-18-11-10-17(12-14(18)3)26(22,23)20-16-8-6-15(7-9-16)13-19(21)25-5-2/h6-12,20H,4-5,13H2,1-3H3. The van der Waals surface area contributed by atoms with Gasteiger partial charge in [-0.25, -0.2) is 8.42 Å². The molecule has 7 heteroatoms. The first kappa shape index (κ1) is 19.8. The van der Waals surface area contributed by atoms with E-state index >= 15 is 0 Å². The molecule has 0 spiro atoms. The molecule has 0 atom stereocenters. The van der Waals surface area contributed by atoms with E-state index in [0.717, 1.165) is 11.1 Å². The lowest BCUT2D eigenvalue weighted by molar-refractivity contribution is -0.142. The Hall–Kier alpha value is -2.54. The minimum absolute atomic E-state index is 0.152. The molecule has 2 rings (SSSR count). The molecule has 26 heavy (non-hydrogen) atoms. The summed E-state index contributed by atoms with van der Waals surface area (Å²) >= 11 is 0. The van der Waals surface area contributed by atoms with E-state index in [2.05, 4.69) is 4.72 Å². The number of rotatable bonds is 8. The molecule has 0 aliphatic carbocycles. The Morgan fingerprint density at radius 2 is 1.73 bits per heavy atom. The zero-order valence-corrected chi connectivity index (χ0v) is 15.9. The highest BCUT2D eigenvalue weighted by molar-refractivity contribution is 7.92. The van der Waals surface area contributed by atoms with E-state index in [9.17, 15) is 13.2 Å². The molecule has 0 aromatic heterocycles. The monoisotopic (exact) mass is 377 g/mol. The second-order valence-corrected chi connectivity index (χ2v) is 7.33. The van der Waals surface area contributed by atoms with Crippen LogP contribution in [-0.2, 0) is 26.0 Å². The summed E-state index contributed by atoms with van der Waals surface area (Å²) in [6.45, 7) is 6.27. The normalized spacial score (nSPS) is 11.0. The number of hydrogen-bond acceptors (Lipinski definition) is 5. The number of esters is 1. The Balaban J connectivity index is 2.11. The van der Waals surface area contributed by atoms with Crippen molar-refractivity contribution in [1.82, 2.24) is 0 Å². The number of nitrogens with one attached hydrogen (secondary N) is 1. The number of benzene rings is 2. The molecular formula is C19H23NO5S. The van der Waals surface area contributed by atoms with Crippen LogP contribution in [0.15, 0.2) is 47.4 Å². The Labute approximate surface area is 154 Å². The predicted octanol–water partition coefficient (Wildman–Crippen LogP) is 3.30. The SMILES string of the molecule is CCOC(=O)Cc1ccc(NS(=O)(=O)c2ccc(OCC)c(C)c2)cc1. The van der Waals surface area contributed by atoms with Gasteiger partial charge in [-0.15, -0.1) is 0 Å². The summed E-state index contributed by atoms with van der Waals surface area (Å²) in [4.78, 5) is 11.6. The van der Waals surface area contributed by atoms with Crippen molar-refractivity contribution in [3.05, 3.63) is 53.6 Å². The van der Waals surface area contributed by atoms with Gasteiger partial charge >= 0.3 is 5.97 Å². The third-order valence-electron chi connectivity index (χ3n) is 3.62. The van der Waals surface area contributed by atoms with Gasteiger partial charge in [0.15, 0.2) is 0 Å². The molecule has 2 aromatic carbocycles. The maximum absolute atomic E-state index is 12.5. The second kappa shape index (κ2) is 8.71. The zero-order chi connectivity index (χ0) is 19.2. The second-order valence-electron chi connectivity index (χ2n) is 5.64. The Morgan fingerprint density at radius 3 is 2.31 bits per heavy atom. The smallest absolute Gasteiger partial charge is 0.310 e. The van der Waals surface area contributed by atoms with Gasteiger partial charge < -0.3 is 9.47 Å². The maximum atomic E-state index is 12.5. The van der Waals surface area contributed by atoms with Crippen molar-refractivity contribution in [2.45, 2.75) is 32.1 Å². The van der Waals surface area contributed by atoms with Crippen LogP contribution in [-0.4, -0.2) is 27.6 Å². The lowest BCUT2D eigenvalue weighted by Gasteiger charge is -2.12. The summed E-state index contributed by atoms with van der Waals surface area (Å²) in [6.07, 6.45) is 0.152. The fourth-order valence-corrected chi connectivity index (χ4v) is 3.53. The molecule has 0 aliphatic rings. The lowest BCUT2D eigenvalue weighted by Crippen LogP contribution is -2.13. The van der Waals surface area contributed by atoms with Crippen LogP contribution < -0.4 is 9.46 Å². The molecule has 0 fully saturated rings. The Bertz CT molecular complexity index is 860. The van der Waals surface area contributed by atoms with Crippen LogP contribution >= 0.6 is 0 Å². The molecule has 0 aliphatic heterocycles. The van der Waals surface area contributed by atoms with E-state index in [1.165, 1.54) is 6.07 Å². The van der Waals surface area contributed by atoms with Crippen LogP contribution in [0.3, 0.4) is 0 Å². The van der Waals surface area contributed by atoms with Gasteiger partial charge in [-0.05, 0) is 62.2 Å². The quantitative estimate of drug-likeness (QED) is 0.714. The molecule has 2 aromatic rings. The Kier molecular flexibility index (Phi) is 6.63. The van der Waals surface area contributed by atoms with Crippen LogP contribution in [0.25, 0.3) is 0 Å². The van der Waals surface area contributed by atoms with Gasteiger partial charge in [-0.1, -0.05) is 12.1 Å². The van der Waals surface area contributed by atoms with Crippen molar-refractivity contribution in [2.75, 3.05) is 17.9 Å². The van der Waals surface area contributed by atoms with Crippen molar-refractivity contribution in [2.24, 2.45) is 0 Å². The minimum atomic E-state index is -3.71. The number of carbonyl (C=O) groups excluding carboxylic acids is 1. The maximum Gasteiger partial charge on any atom is 0.310 e. The average Bonchev–Trinajstić information content (AvgIpc) is 2.58. The summed E-state index contributed by atoms with van der Waals surface area (Å²) in [5, 5.41) is 0. The van der Waals surface area contributed by atoms with Gasteiger partial charge in [0.25, 0.3) is 10.0 Å². The van der Waals surface area contributed by atoms with Crippen molar-refractivity contribution in [3.8, 4) is 5.75 Å². The van der Waals surface area contributed by atoms with Crippen LogP contribution in [0.2, 0.25) is 0 Å². The number of anilines is 1. The van der Waals surface area contributed by atoms with E-state index in [1.807, 2.05) is 6.92 Å². The first-order valence-corrected chi connectivity index (χ1v) is 9.85. The van der Waals surface area contributed by atoms with Gasteiger partial charge in [0.05, 0.1) is 24.5 Å². The van der Waals surface area contributed by atoms with Crippen LogP contribution in [0, 0.1) is 6.92 Å². The summed E-state index contributed by atoms with van der Waals surface area (Å²) in [7, 11) is -3.71. The van der Waals surface area contributed by atoms with Crippen LogP contribution in [0.5, 0.6) is 5.75 Å². The molecule has 6 nitrogen and oxygen atoms in total. The van der Waals surface area contributed by atoms with Crippen molar-refractivity contribution in [1.29, 1.82) is 0 Å². The van der Waals surface area contributed by atoms with Crippen molar-refractivity contribution in [3.63, 3.8) is 0 Å². The number of aryl methyl sites for hydroxylation is 1. The molecule has 0 amide bonds. The molecule has 0 heterocycles. The van der Waals surface area contributed by atoms with Gasteiger partial charge in [-0.2, -0.15) is 0 Å². The number of sulfonamides is 1. The summed E-state index contributed by atoms with van der Waals surface area (Å²) in [5.74, 6) is 0.348. The highest BCUT2D eigenvalue weighted by atomic mass is 32.2. The lowest BCUT2D eigenvalue weighted by atomic mass is 10.1. The largest absolute Gasteiger partial charge is 0.494 e. The highest BCUT2D eigenvalue weighted by Crippen LogP contribution is 2.23. The molecule has 0 saturated carbocycles. The molecular weight excluding hydrogens is 354 g/mol. The van der Waals surface area contributed by atoms with E-state index in [-0.39, 0.29) is 17.3 Å². The summed E-state index contributed by atoms with van der Waals surface area (Å²) in [6, 6.07) is 11.4. The van der Waals surface area contributed by atoms with Crippen molar-refractivity contribution >= 4 is 21.7 Å². The van der Waals surface area contributed by atoms with Gasteiger partial charge in [-0.3, -0.25) is 9.52 Å². The number of carbonyl (C=O) groups is 1. The first-order chi connectivity index (χ1) is 12.4. The fourth-order valence-electron chi connectivity index (χ4n) is 2.39. The van der Waals surface area contributed by atoms with E-state index in [1.54, 1.807) is 50.2 Å². The van der Waals surface area contributed by atoms with Gasteiger partial charge in [0, 0.05) is 5.69 Å². The van der Waals surface area contributed by atoms with E-state index in [4.69, 9.17) is 9.47 Å². The average molecular weight is 377 g/mol. The predicted molar refractivity (Wildman–Crippen MR) is 99.9 cm³/mol. The van der Waals surface area contributed by atoms with Gasteiger partial charge in [0.2, 0.25) is 0 Å². The highest BCUT2D eigenvalue weighted by Gasteiger charge is 2.16. The third kappa shape index (κ3) is 5.23. The Morgan fingerprint density at radius 1 is 1.04 bits per heavy atom. The molecule has 0 unspecified atom stereocenters. The molecule has 1 N–H and O–H groups in total. The topological polar surface area (TPSA) is 81.7 Å². The van der Waals surface area contributed by atoms with E-state index < -0.39 is 10.0 Å². The van der Waals surface area contributed by atoms with Crippen LogP contribution in [0.4, 0.5) is 5.69 Å².